The Balaban J connectivity index is 2.19. The van der Waals surface area contributed by atoms with Crippen molar-refractivity contribution in [2.24, 2.45) is 5.73 Å². The number of anilines is 1. The van der Waals surface area contributed by atoms with E-state index in [1.54, 1.807) is 7.11 Å². The second-order valence-electron chi connectivity index (χ2n) is 4.50. The second-order valence-corrected chi connectivity index (χ2v) is 4.50. The summed E-state index contributed by atoms with van der Waals surface area (Å²) in [7, 11) is 1.70. The molecule has 0 radical (unpaired) electrons. The van der Waals surface area contributed by atoms with Gasteiger partial charge in [0, 0.05) is 24.8 Å². The summed E-state index contributed by atoms with van der Waals surface area (Å²) in [5, 5.41) is 0. The van der Waals surface area contributed by atoms with Crippen molar-refractivity contribution in [2.45, 2.75) is 25.8 Å². The van der Waals surface area contributed by atoms with Crippen LogP contribution in [0.4, 0.5) is 5.69 Å². The highest BCUT2D eigenvalue weighted by atomic mass is 16.5. The number of benzene rings is 1. The first-order chi connectivity index (χ1) is 7.70. The first-order valence-corrected chi connectivity index (χ1v) is 5.86. The Bertz CT molecular complexity index is 365. The van der Waals surface area contributed by atoms with Crippen LogP contribution in [0.1, 0.15) is 18.4 Å². The lowest BCUT2D eigenvalue weighted by Gasteiger charge is -2.33. The molecule has 1 unspecified atom stereocenters. The van der Waals surface area contributed by atoms with Gasteiger partial charge in [0.15, 0.2) is 0 Å². The summed E-state index contributed by atoms with van der Waals surface area (Å²) in [6.07, 6.45) is 2.33. The normalized spacial score (nSPS) is 20.9. The fraction of sp³-hybridized carbons (Fsp3) is 0.538. The van der Waals surface area contributed by atoms with Crippen LogP contribution in [0.5, 0.6) is 5.75 Å². The van der Waals surface area contributed by atoms with Crippen LogP contribution in [0.15, 0.2) is 18.2 Å². The fourth-order valence-electron chi connectivity index (χ4n) is 2.34. The maximum atomic E-state index is 6.00. The van der Waals surface area contributed by atoms with Crippen LogP contribution in [0.3, 0.4) is 0 Å². The molecule has 0 bridgehead atoms. The maximum Gasteiger partial charge on any atom is 0.119 e. The molecule has 1 aromatic rings. The van der Waals surface area contributed by atoms with E-state index in [-0.39, 0.29) is 0 Å². The van der Waals surface area contributed by atoms with Crippen molar-refractivity contribution in [2.75, 3.05) is 25.1 Å². The van der Waals surface area contributed by atoms with E-state index in [0.717, 1.165) is 25.3 Å². The summed E-state index contributed by atoms with van der Waals surface area (Å²) in [4.78, 5) is 2.38. The van der Waals surface area contributed by atoms with Gasteiger partial charge in [0.1, 0.15) is 5.75 Å². The number of hydrogen-bond donors (Lipinski definition) is 1. The molecule has 1 saturated heterocycles. The highest BCUT2D eigenvalue weighted by Crippen LogP contribution is 2.26. The minimum Gasteiger partial charge on any atom is -0.497 e. The van der Waals surface area contributed by atoms with Crippen LogP contribution in [0, 0.1) is 6.92 Å². The number of nitrogens with zero attached hydrogens (tertiary/aromatic N) is 1. The average Bonchev–Trinajstić information content (AvgIpc) is 2.28. The van der Waals surface area contributed by atoms with Crippen LogP contribution < -0.4 is 15.4 Å². The summed E-state index contributed by atoms with van der Waals surface area (Å²) in [5.74, 6) is 0.919. The molecule has 16 heavy (non-hydrogen) atoms. The van der Waals surface area contributed by atoms with Gasteiger partial charge >= 0.3 is 0 Å². The van der Waals surface area contributed by atoms with E-state index >= 15 is 0 Å². The molecule has 0 spiro atoms. The summed E-state index contributed by atoms with van der Waals surface area (Å²) in [6.45, 7) is 4.20. The van der Waals surface area contributed by atoms with Gasteiger partial charge < -0.3 is 15.4 Å². The molecular formula is C13H20N2O. The molecule has 1 heterocycles. The summed E-state index contributed by atoms with van der Waals surface area (Å²) >= 11 is 0. The zero-order chi connectivity index (χ0) is 11.5. The molecule has 3 nitrogen and oxygen atoms in total. The zero-order valence-corrected chi connectivity index (χ0v) is 10.1. The molecule has 1 fully saturated rings. The van der Waals surface area contributed by atoms with Crippen molar-refractivity contribution in [3.05, 3.63) is 23.8 Å². The third-order valence-electron chi connectivity index (χ3n) is 3.20. The first-order valence-electron chi connectivity index (χ1n) is 5.86. The molecule has 1 aliphatic rings. The largest absolute Gasteiger partial charge is 0.497 e. The van der Waals surface area contributed by atoms with E-state index < -0.39 is 0 Å². The lowest BCUT2D eigenvalue weighted by atomic mass is 10.0. The molecule has 2 rings (SSSR count). The lowest BCUT2D eigenvalue weighted by Crippen LogP contribution is -2.43. The van der Waals surface area contributed by atoms with Crippen LogP contribution >= 0.6 is 0 Å². The van der Waals surface area contributed by atoms with Gasteiger partial charge in [-0.25, -0.2) is 0 Å². The van der Waals surface area contributed by atoms with E-state index in [1.165, 1.54) is 17.7 Å². The number of ether oxygens (including phenoxy) is 1. The standard InChI is InChI=1S/C13H20N2O/c1-10-8-12(16-2)5-6-13(10)15-7-3-4-11(14)9-15/h5-6,8,11H,3-4,7,9,14H2,1-2H3. The molecule has 1 aliphatic heterocycles. The predicted octanol–water partition coefficient (Wildman–Crippen LogP) is 1.93. The third kappa shape index (κ3) is 2.30. The van der Waals surface area contributed by atoms with Gasteiger partial charge in [-0.15, -0.1) is 0 Å². The van der Waals surface area contributed by atoms with Crippen molar-refractivity contribution >= 4 is 5.69 Å². The van der Waals surface area contributed by atoms with E-state index in [2.05, 4.69) is 24.0 Å². The number of piperidine rings is 1. The number of nitrogens with two attached hydrogens (primary N) is 1. The molecule has 88 valence electrons. The van der Waals surface area contributed by atoms with E-state index in [4.69, 9.17) is 10.5 Å². The van der Waals surface area contributed by atoms with Crippen molar-refractivity contribution < 1.29 is 4.74 Å². The second kappa shape index (κ2) is 4.74. The minimum absolute atomic E-state index is 0.315. The van der Waals surface area contributed by atoms with Gasteiger partial charge in [0.25, 0.3) is 0 Å². The summed E-state index contributed by atoms with van der Waals surface area (Å²) in [6, 6.07) is 6.54. The van der Waals surface area contributed by atoms with Gasteiger partial charge in [-0.05, 0) is 43.5 Å². The molecule has 0 saturated carbocycles. The quantitative estimate of drug-likeness (QED) is 0.827. The Morgan fingerprint density at radius 3 is 2.88 bits per heavy atom. The van der Waals surface area contributed by atoms with E-state index in [9.17, 15) is 0 Å². The van der Waals surface area contributed by atoms with Gasteiger partial charge in [-0.3, -0.25) is 0 Å². The number of aryl methyl sites for hydroxylation is 1. The molecule has 0 aliphatic carbocycles. The van der Waals surface area contributed by atoms with Crippen LogP contribution in [0.25, 0.3) is 0 Å². The molecule has 0 amide bonds. The molecule has 2 N–H and O–H groups in total. The predicted molar refractivity (Wildman–Crippen MR) is 67.2 cm³/mol. The Morgan fingerprint density at radius 1 is 1.44 bits per heavy atom. The fourth-order valence-corrected chi connectivity index (χ4v) is 2.34. The van der Waals surface area contributed by atoms with E-state index in [1.807, 2.05) is 6.07 Å². The Morgan fingerprint density at radius 2 is 2.25 bits per heavy atom. The Labute approximate surface area is 97.2 Å². The lowest BCUT2D eigenvalue weighted by molar-refractivity contribution is 0.414. The monoisotopic (exact) mass is 220 g/mol. The third-order valence-corrected chi connectivity index (χ3v) is 3.20. The van der Waals surface area contributed by atoms with Crippen molar-refractivity contribution in [1.29, 1.82) is 0 Å². The molecule has 1 aromatic carbocycles. The zero-order valence-electron chi connectivity index (χ0n) is 10.1. The topological polar surface area (TPSA) is 38.5 Å². The SMILES string of the molecule is COc1ccc(N2CCCC(N)C2)c(C)c1. The number of methoxy groups -OCH3 is 1. The average molecular weight is 220 g/mol. The maximum absolute atomic E-state index is 6.00. The van der Waals surface area contributed by atoms with Gasteiger partial charge in [-0.2, -0.15) is 0 Å². The van der Waals surface area contributed by atoms with Crippen LogP contribution in [-0.2, 0) is 0 Å². The first kappa shape index (κ1) is 11.3. The van der Waals surface area contributed by atoms with Crippen LogP contribution in [-0.4, -0.2) is 26.2 Å². The summed E-state index contributed by atoms with van der Waals surface area (Å²) in [5.41, 5.74) is 8.55. The van der Waals surface area contributed by atoms with Gasteiger partial charge in [0.2, 0.25) is 0 Å². The van der Waals surface area contributed by atoms with Crippen molar-refractivity contribution in [1.82, 2.24) is 0 Å². The molecule has 0 aromatic heterocycles. The molecule has 3 heteroatoms. The van der Waals surface area contributed by atoms with Gasteiger partial charge in [0.05, 0.1) is 7.11 Å². The Hall–Kier alpha value is -1.22. The highest BCUT2D eigenvalue weighted by molar-refractivity contribution is 5.56. The smallest absolute Gasteiger partial charge is 0.119 e. The number of hydrogen-bond acceptors (Lipinski definition) is 3. The van der Waals surface area contributed by atoms with Gasteiger partial charge in [-0.1, -0.05) is 0 Å². The summed E-state index contributed by atoms with van der Waals surface area (Å²) < 4.78 is 5.22. The Kier molecular flexibility index (Phi) is 3.34. The van der Waals surface area contributed by atoms with Crippen molar-refractivity contribution in [3.63, 3.8) is 0 Å². The molecule has 1 atom stereocenters. The number of rotatable bonds is 2. The van der Waals surface area contributed by atoms with E-state index in [0.29, 0.717) is 6.04 Å². The van der Waals surface area contributed by atoms with Crippen molar-refractivity contribution in [3.8, 4) is 5.75 Å². The minimum atomic E-state index is 0.315. The molecular weight excluding hydrogens is 200 g/mol. The van der Waals surface area contributed by atoms with Crippen LogP contribution in [0.2, 0.25) is 0 Å². The highest BCUT2D eigenvalue weighted by Gasteiger charge is 2.18.